The first-order valence-corrected chi connectivity index (χ1v) is 11.6. The second-order valence-electron chi connectivity index (χ2n) is 9.30. The number of amides is 3. The highest BCUT2D eigenvalue weighted by atomic mass is 16.2. The molecule has 30 heavy (non-hydrogen) atoms. The van der Waals surface area contributed by atoms with Crippen molar-refractivity contribution in [2.24, 2.45) is 10.9 Å². The van der Waals surface area contributed by atoms with Gasteiger partial charge in [-0.3, -0.25) is 4.79 Å². The molecular weight excluding hydrogens is 374 g/mol. The zero-order valence-electron chi connectivity index (χ0n) is 18.8. The number of hydrogen-bond donors (Lipinski definition) is 0. The number of rotatable bonds is 5. The van der Waals surface area contributed by atoms with Gasteiger partial charge < -0.3 is 9.80 Å². The number of carbonyl (C=O) groups is 2. The number of carbonyl (C=O) groups excluding carboxylic acids is 2. The summed E-state index contributed by atoms with van der Waals surface area (Å²) in [6, 6.07) is 10.8. The van der Waals surface area contributed by atoms with E-state index in [4.69, 9.17) is 0 Å². The predicted octanol–water partition coefficient (Wildman–Crippen LogP) is 5.05. The van der Waals surface area contributed by atoms with Gasteiger partial charge in [-0.15, -0.1) is 0 Å². The fourth-order valence-corrected chi connectivity index (χ4v) is 4.85. The van der Waals surface area contributed by atoms with E-state index in [1.807, 2.05) is 25.1 Å². The third-order valence-corrected chi connectivity index (χ3v) is 7.13. The van der Waals surface area contributed by atoms with Crippen LogP contribution in [-0.2, 0) is 10.2 Å². The van der Waals surface area contributed by atoms with Gasteiger partial charge in [0.2, 0.25) is 5.91 Å². The molecule has 2 fully saturated rings. The van der Waals surface area contributed by atoms with E-state index in [-0.39, 0.29) is 23.4 Å². The standard InChI is InChI=1S/C25H37N3O2/c1-4-8-23(29)28-17-13-22(14-18-28)27(3)24(30)26-19-20-11-15-25(2,16-12-20)21-9-6-5-7-10-21/h5-7,9-10,19-20,22H,4,8,11-18H2,1-3H3/b26-19+. The second kappa shape index (κ2) is 10.2. The summed E-state index contributed by atoms with van der Waals surface area (Å²) in [5.74, 6) is 0.621. The Balaban J connectivity index is 1.45. The van der Waals surface area contributed by atoms with Crippen LogP contribution in [0, 0.1) is 5.92 Å². The van der Waals surface area contributed by atoms with Crippen molar-refractivity contribution in [1.29, 1.82) is 0 Å². The van der Waals surface area contributed by atoms with Gasteiger partial charge in [-0.25, -0.2) is 9.79 Å². The summed E-state index contributed by atoms with van der Waals surface area (Å²) in [5, 5.41) is 0. The first-order valence-electron chi connectivity index (χ1n) is 11.6. The number of likely N-dealkylation sites (tertiary alicyclic amines) is 1. The van der Waals surface area contributed by atoms with Crippen LogP contribution in [0.1, 0.15) is 70.8 Å². The number of nitrogens with zero attached hydrogens (tertiary/aromatic N) is 3. The van der Waals surface area contributed by atoms with Crippen LogP contribution in [-0.4, -0.2) is 54.1 Å². The molecule has 0 radical (unpaired) electrons. The van der Waals surface area contributed by atoms with Gasteiger partial charge in [0.15, 0.2) is 0 Å². The monoisotopic (exact) mass is 411 g/mol. The van der Waals surface area contributed by atoms with Crippen LogP contribution < -0.4 is 0 Å². The van der Waals surface area contributed by atoms with E-state index in [2.05, 4.69) is 42.2 Å². The maximum absolute atomic E-state index is 12.6. The molecule has 0 bridgehead atoms. The molecule has 1 aromatic carbocycles. The van der Waals surface area contributed by atoms with Gasteiger partial charge in [-0.2, -0.15) is 0 Å². The van der Waals surface area contributed by atoms with E-state index in [0.717, 1.165) is 58.0 Å². The molecule has 1 heterocycles. The summed E-state index contributed by atoms with van der Waals surface area (Å²) >= 11 is 0. The largest absolute Gasteiger partial charge is 0.343 e. The molecule has 3 rings (SSSR count). The topological polar surface area (TPSA) is 53.0 Å². The number of urea groups is 1. The van der Waals surface area contributed by atoms with E-state index >= 15 is 0 Å². The van der Waals surface area contributed by atoms with Gasteiger partial charge in [-0.05, 0) is 61.8 Å². The predicted molar refractivity (Wildman–Crippen MR) is 122 cm³/mol. The molecule has 0 N–H and O–H groups in total. The van der Waals surface area contributed by atoms with Crippen molar-refractivity contribution in [3.05, 3.63) is 35.9 Å². The van der Waals surface area contributed by atoms with Crippen LogP contribution in [0.5, 0.6) is 0 Å². The molecule has 164 valence electrons. The third kappa shape index (κ3) is 5.50. The van der Waals surface area contributed by atoms with Crippen molar-refractivity contribution in [2.75, 3.05) is 20.1 Å². The molecule has 5 heteroatoms. The summed E-state index contributed by atoms with van der Waals surface area (Å²) in [6.07, 6.45) is 9.48. The number of benzene rings is 1. The Kier molecular flexibility index (Phi) is 7.68. The van der Waals surface area contributed by atoms with Crippen LogP contribution in [0.25, 0.3) is 0 Å². The van der Waals surface area contributed by atoms with Gasteiger partial charge in [0.1, 0.15) is 0 Å². The highest BCUT2D eigenvalue weighted by molar-refractivity contribution is 5.84. The average molecular weight is 412 g/mol. The third-order valence-electron chi connectivity index (χ3n) is 7.13. The molecule has 1 saturated carbocycles. The Hall–Kier alpha value is -2.17. The lowest BCUT2D eigenvalue weighted by Gasteiger charge is -2.37. The first kappa shape index (κ1) is 22.5. The molecule has 0 atom stereocenters. The molecule has 0 unspecified atom stereocenters. The molecule has 0 aromatic heterocycles. The van der Waals surface area contributed by atoms with Crippen molar-refractivity contribution in [2.45, 2.75) is 76.7 Å². The minimum atomic E-state index is -0.148. The Morgan fingerprint density at radius 1 is 1.13 bits per heavy atom. The molecule has 1 saturated heterocycles. The molecule has 1 aromatic rings. The fourth-order valence-electron chi connectivity index (χ4n) is 4.85. The normalized spacial score (nSPS) is 25.4. The van der Waals surface area contributed by atoms with E-state index in [1.54, 1.807) is 4.90 Å². The molecule has 5 nitrogen and oxygen atoms in total. The van der Waals surface area contributed by atoms with Crippen molar-refractivity contribution < 1.29 is 9.59 Å². The smallest absolute Gasteiger partial charge is 0.343 e. The minimum Gasteiger partial charge on any atom is -0.343 e. The van der Waals surface area contributed by atoms with Crippen molar-refractivity contribution in [3.63, 3.8) is 0 Å². The lowest BCUT2D eigenvalue weighted by atomic mass is 9.68. The van der Waals surface area contributed by atoms with Crippen LogP contribution >= 0.6 is 0 Å². The molecule has 3 amide bonds. The molecule has 2 aliphatic rings. The molecule has 0 spiro atoms. The first-order chi connectivity index (χ1) is 14.4. The van der Waals surface area contributed by atoms with Gasteiger partial charge in [0, 0.05) is 38.8 Å². The maximum Gasteiger partial charge on any atom is 0.343 e. The van der Waals surface area contributed by atoms with Crippen LogP contribution in [0.3, 0.4) is 0 Å². The summed E-state index contributed by atoms with van der Waals surface area (Å²) in [5.41, 5.74) is 1.65. The van der Waals surface area contributed by atoms with E-state index < -0.39 is 0 Å². The summed E-state index contributed by atoms with van der Waals surface area (Å²) in [4.78, 5) is 32.7. The zero-order valence-corrected chi connectivity index (χ0v) is 18.8. The van der Waals surface area contributed by atoms with Gasteiger partial charge >= 0.3 is 6.03 Å². The maximum atomic E-state index is 12.6. The van der Waals surface area contributed by atoms with Crippen molar-refractivity contribution in [3.8, 4) is 0 Å². The Morgan fingerprint density at radius 2 is 1.77 bits per heavy atom. The molecule has 1 aliphatic heterocycles. The van der Waals surface area contributed by atoms with E-state index in [9.17, 15) is 9.59 Å². The molecule has 1 aliphatic carbocycles. The quantitative estimate of drug-likeness (QED) is 0.637. The van der Waals surface area contributed by atoms with Crippen molar-refractivity contribution in [1.82, 2.24) is 9.80 Å². The average Bonchev–Trinajstić information content (AvgIpc) is 2.79. The zero-order chi connectivity index (χ0) is 21.6. The van der Waals surface area contributed by atoms with Crippen LogP contribution in [0.4, 0.5) is 4.79 Å². The van der Waals surface area contributed by atoms with Gasteiger partial charge in [-0.1, -0.05) is 44.2 Å². The SMILES string of the molecule is CCCC(=O)N1CCC(N(C)C(=O)/N=C/C2CCC(C)(c3ccccc3)CC2)CC1. The highest BCUT2D eigenvalue weighted by Gasteiger charge is 2.32. The Morgan fingerprint density at radius 3 is 2.37 bits per heavy atom. The minimum absolute atomic E-state index is 0.148. The Labute approximate surface area is 181 Å². The second-order valence-corrected chi connectivity index (χ2v) is 9.30. The Bertz CT molecular complexity index is 730. The van der Waals surface area contributed by atoms with Crippen LogP contribution in [0.15, 0.2) is 35.3 Å². The summed E-state index contributed by atoms with van der Waals surface area (Å²) < 4.78 is 0. The van der Waals surface area contributed by atoms with Crippen molar-refractivity contribution >= 4 is 18.2 Å². The summed E-state index contributed by atoms with van der Waals surface area (Å²) in [7, 11) is 1.85. The van der Waals surface area contributed by atoms with Gasteiger partial charge in [0.05, 0.1) is 0 Å². The number of hydrogen-bond acceptors (Lipinski definition) is 2. The van der Waals surface area contributed by atoms with Crippen LogP contribution in [0.2, 0.25) is 0 Å². The van der Waals surface area contributed by atoms with E-state index in [0.29, 0.717) is 12.3 Å². The molecular formula is C25H37N3O2. The lowest BCUT2D eigenvalue weighted by molar-refractivity contribution is -0.132. The van der Waals surface area contributed by atoms with Gasteiger partial charge in [0.25, 0.3) is 0 Å². The van der Waals surface area contributed by atoms with E-state index in [1.165, 1.54) is 5.56 Å². The fraction of sp³-hybridized carbons (Fsp3) is 0.640. The summed E-state index contributed by atoms with van der Waals surface area (Å²) in [6.45, 7) is 5.87. The lowest BCUT2D eigenvalue weighted by Crippen LogP contribution is -2.46. The number of aliphatic imine (C=N–C) groups is 1. The highest BCUT2D eigenvalue weighted by Crippen LogP contribution is 2.40. The number of piperidine rings is 1.